The first-order valence-corrected chi connectivity index (χ1v) is 11.1. The number of hydrogen-bond donors (Lipinski definition) is 0. The molecule has 0 N–H and O–H groups in total. The van der Waals surface area contributed by atoms with Crippen molar-refractivity contribution in [1.82, 2.24) is 9.80 Å². The first kappa shape index (κ1) is 19.3. The molecule has 0 radical (unpaired) electrons. The van der Waals surface area contributed by atoms with E-state index in [9.17, 15) is 0 Å². The summed E-state index contributed by atoms with van der Waals surface area (Å²) in [5.74, 6) is 0. The van der Waals surface area contributed by atoms with E-state index in [-0.39, 0.29) is 0 Å². The van der Waals surface area contributed by atoms with Crippen LogP contribution in [-0.4, -0.2) is 47.3 Å². The van der Waals surface area contributed by atoms with Gasteiger partial charge >= 0.3 is 0 Å². The quantitative estimate of drug-likeness (QED) is 0.660. The van der Waals surface area contributed by atoms with Crippen LogP contribution in [0.3, 0.4) is 0 Å². The summed E-state index contributed by atoms with van der Waals surface area (Å²) < 4.78 is 0. The van der Waals surface area contributed by atoms with Gasteiger partial charge in [-0.1, -0.05) is 26.0 Å². The van der Waals surface area contributed by atoms with Crippen molar-refractivity contribution in [1.29, 1.82) is 0 Å². The van der Waals surface area contributed by atoms with E-state index in [1.54, 1.807) is 0 Å². The molecule has 140 valence electrons. The van der Waals surface area contributed by atoms with Crippen LogP contribution in [0.2, 0.25) is 0 Å². The molecule has 2 nitrogen and oxygen atoms in total. The molecule has 25 heavy (non-hydrogen) atoms. The van der Waals surface area contributed by atoms with Crippen LogP contribution in [-0.2, 0) is 6.54 Å². The van der Waals surface area contributed by atoms with Crippen molar-refractivity contribution in [3.8, 4) is 0 Å². The highest BCUT2D eigenvalue weighted by Gasteiger charge is 2.37. The predicted molar refractivity (Wildman–Crippen MR) is 110 cm³/mol. The van der Waals surface area contributed by atoms with Crippen LogP contribution in [0.1, 0.15) is 58.9 Å². The largest absolute Gasteiger partial charge is 0.301 e. The highest BCUT2D eigenvalue weighted by atomic mass is 32.2. The topological polar surface area (TPSA) is 6.48 Å². The zero-order chi connectivity index (χ0) is 17.9. The summed E-state index contributed by atoms with van der Waals surface area (Å²) in [6.07, 6.45) is 5.64. The highest BCUT2D eigenvalue weighted by molar-refractivity contribution is 7.99. The fourth-order valence-electron chi connectivity index (χ4n) is 4.45. The van der Waals surface area contributed by atoms with Crippen molar-refractivity contribution >= 4 is 11.8 Å². The van der Waals surface area contributed by atoms with Crippen molar-refractivity contribution in [3.05, 3.63) is 29.8 Å². The van der Waals surface area contributed by atoms with Gasteiger partial charge < -0.3 is 4.90 Å². The SMILES string of the molecule is CC(C)Sc1cccc(CN2CCC3(CC2)CCN(C(C)C)CC3)c1. The van der Waals surface area contributed by atoms with E-state index in [1.807, 2.05) is 11.8 Å². The molecule has 0 unspecified atom stereocenters. The standard InChI is InChI=1S/C22H36N2S/c1-18(2)24-14-10-22(11-15-24)8-12-23(13-9-22)17-20-6-5-7-21(16-20)25-19(3)4/h5-7,16,18-19H,8-15,17H2,1-4H3. The number of thioether (sulfide) groups is 1. The van der Waals surface area contributed by atoms with Gasteiger partial charge in [0.05, 0.1) is 0 Å². The Hall–Kier alpha value is -0.510. The molecule has 0 aromatic heterocycles. The summed E-state index contributed by atoms with van der Waals surface area (Å²) >= 11 is 1.97. The molecular formula is C22H36N2S. The van der Waals surface area contributed by atoms with Crippen molar-refractivity contribution in [2.75, 3.05) is 26.2 Å². The van der Waals surface area contributed by atoms with E-state index < -0.39 is 0 Å². The third-order valence-electron chi connectivity index (χ3n) is 6.18. The molecule has 2 aliphatic rings. The average Bonchev–Trinajstić information content (AvgIpc) is 2.57. The van der Waals surface area contributed by atoms with Gasteiger partial charge in [0.2, 0.25) is 0 Å². The van der Waals surface area contributed by atoms with Crippen LogP contribution in [0, 0.1) is 5.41 Å². The van der Waals surface area contributed by atoms with Crippen molar-refractivity contribution in [3.63, 3.8) is 0 Å². The van der Waals surface area contributed by atoms with Crippen LogP contribution in [0.15, 0.2) is 29.2 Å². The van der Waals surface area contributed by atoms with Crippen molar-refractivity contribution < 1.29 is 0 Å². The van der Waals surface area contributed by atoms with Gasteiger partial charge in [-0.3, -0.25) is 4.90 Å². The second-order valence-electron chi connectivity index (χ2n) is 8.72. The zero-order valence-electron chi connectivity index (χ0n) is 16.6. The third-order valence-corrected chi connectivity index (χ3v) is 7.18. The smallest absolute Gasteiger partial charge is 0.0234 e. The summed E-state index contributed by atoms with van der Waals surface area (Å²) in [6.45, 7) is 15.5. The molecule has 0 bridgehead atoms. The molecule has 2 saturated heterocycles. The summed E-state index contributed by atoms with van der Waals surface area (Å²) in [5.41, 5.74) is 2.13. The maximum Gasteiger partial charge on any atom is 0.0234 e. The summed E-state index contributed by atoms with van der Waals surface area (Å²) in [4.78, 5) is 6.76. The number of hydrogen-bond acceptors (Lipinski definition) is 3. The third kappa shape index (κ3) is 5.24. The van der Waals surface area contributed by atoms with Crippen molar-refractivity contribution in [2.24, 2.45) is 5.41 Å². The Morgan fingerprint density at radius 3 is 2.20 bits per heavy atom. The van der Waals surface area contributed by atoms with E-state index in [2.05, 4.69) is 61.8 Å². The maximum atomic E-state index is 2.68. The first-order valence-electron chi connectivity index (χ1n) is 10.2. The molecule has 0 atom stereocenters. The normalized spacial score (nSPS) is 22.2. The lowest BCUT2D eigenvalue weighted by atomic mass is 9.71. The van der Waals surface area contributed by atoms with Gasteiger partial charge in [0.15, 0.2) is 0 Å². The van der Waals surface area contributed by atoms with Gasteiger partial charge in [-0.2, -0.15) is 0 Å². The number of piperidine rings is 2. The van der Waals surface area contributed by atoms with Crippen LogP contribution in [0.4, 0.5) is 0 Å². The minimum atomic E-state index is 0.650. The second kappa shape index (κ2) is 8.45. The Morgan fingerprint density at radius 1 is 0.960 bits per heavy atom. The fraction of sp³-hybridized carbons (Fsp3) is 0.727. The van der Waals surface area contributed by atoms with E-state index in [1.165, 1.54) is 62.3 Å². The number of likely N-dealkylation sites (tertiary alicyclic amines) is 2. The van der Waals surface area contributed by atoms with Crippen LogP contribution < -0.4 is 0 Å². The lowest BCUT2D eigenvalue weighted by Crippen LogP contribution is -2.48. The monoisotopic (exact) mass is 360 g/mol. The molecule has 1 aromatic carbocycles. The Balaban J connectivity index is 1.50. The zero-order valence-corrected chi connectivity index (χ0v) is 17.4. The van der Waals surface area contributed by atoms with Gasteiger partial charge in [-0.25, -0.2) is 0 Å². The maximum absolute atomic E-state index is 2.68. The summed E-state index contributed by atoms with van der Waals surface area (Å²) in [7, 11) is 0. The van der Waals surface area contributed by atoms with E-state index in [0.29, 0.717) is 16.7 Å². The Labute approximate surface area is 159 Å². The molecule has 2 fully saturated rings. The van der Waals surface area contributed by atoms with Crippen molar-refractivity contribution in [2.45, 2.75) is 76.1 Å². The molecule has 3 rings (SSSR count). The van der Waals surface area contributed by atoms with Gasteiger partial charge in [-0.15, -0.1) is 11.8 Å². The molecular weight excluding hydrogens is 324 g/mol. The van der Waals surface area contributed by atoms with Gasteiger partial charge in [0, 0.05) is 22.7 Å². The van der Waals surface area contributed by atoms with E-state index >= 15 is 0 Å². The first-order chi connectivity index (χ1) is 12.0. The highest BCUT2D eigenvalue weighted by Crippen LogP contribution is 2.41. The Bertz CT molecular complexity index is 537. The molecule has 0 saturated carbocycles. The number of benzene rings is 1. The van der Waals surface area contributed by atoms with E-state index in [0.717, 1.165) is 6.54 Å². The fourth-order valence-corrected chi connectivity index (χ4v) is 5.37. The van der Waals surface area contributed by atoms with Crippen LogP contribution in [0.5, 0.6) is 0 Å². The van der Waals surface area contributed by atoms with Gasteiger partial charge in [-0.05, 0) is 88.8 Å². The van der Waals surface area contributed by atoms with Crippen LogP contribution >= 0.6 is 11.8 Å². The number of nitrogens with zero attached hydrogens (tertiary/aromatic N) is 2. The Kier molecular flexibility index (Phi) is 6.51. The van der Waals surface area contributed by atoms with E-state index in [4.69, 9.17) is 0 Å². The molecule has 1 aromatic rings. The van der Waals surface area contributed by atoms with Crippen LogP contribution in [0.25, 0.3) is 0 Å². The number of rotatable bonds is 5. The predicted octanol–water partition coefficient (Wildman–Crippen LogP) is 5.27. The lowest BCUT2D eigenvalue weighted by molar-refractivity contribution is 0.0230. The minimum Gasteiger partial charge on any atom is -0.301 e. The average molecular weight is 361 g/mol. The summed E-state index contributed by atoms with van der Waals surface area (Å²) in [6, 6.07) is 9.90. The summed E-state index contributed by atoms with van der Waals surface area (Å²) in [5, 5.41) is 0.654. The van der Waals surface area contributed by atoms with Gasteiger partial charge in [0.1, 0.15) is 0 Å². The Morgan fingerprint density at radius 2 is 1.60 bits per heavy atom. The minimum absolute atomic E-state index is 0.650. The molecule has 2 aliphatic heterocycles. The van der Waals surface area contributed by atoms with Gasteiger partial charge in [0.25, 0.3) is 0 Å². The molecule has 1 spiro atoms. The molecule has 0 aliphatic carbocycles. The molecule has 2 heterocycles. The lowest BCUT2D eigenvalue weighted by Gasteiger charge is -2.47. The second-order valence-corrected chi connectivity index (χ2v) is 10.4. The molecule has 3 heteroatoms. The molecule has 0 amide bonds.